The first kappa shape index (κ1) is 65.7. The standard InChI is InChI=1S/C58H64O31/c1-77-34-13-24(14-35(78-2)43(34)68)6-12-41(66)88-53-42(67)31(64)21-80-57(53)89-54-49(74)46(71)39(22-79-40(65)11-5-23-3-8-27(9-4-23)81-55-50(75)47(72)44(69)37(19-59)85-55)87-58(54)84-36-18-28-32(82-52(36)25-7-10-29(62)30(63)15-25)16-26(61)17-33(28)83-56-51(76)48(73)45(70)38(20-60)86-56/h3-18,31,37-39,42,44-51,53-60,64,67,69-76H,19-22H2,1-2H3,(H3-,61,62,63,66,68)/p+1/b11-5+/t31-,37?,38?,39?,42-,44-,45-,46-,47?,48?,49?,50+,51+,53?,54+,55-,56-,57+,58-/m1/s1. The first-order chi connectivity index (χ1) is 42.5. The van der Waals surface area contributed by atoms with Gasteiger partial charge in [0.05, 0.1) is 45.7 Å². The number of methoxy groups -OCH3 is 2. The van der Waals surface area contributed by atoms with Gasteiger partial charge in [0.25, 0.3) is 0 Å². The maximum Gasteiger partial charge on any atom is 0.402 e. The topological polar surface area (TPSA) is 480 Å². The van der Waals surface area contributed by atoms with Crippen molar-refractivity contribution in [2.24, 2.45) is 0 Å². The highest BCUT2D eigenvalue weighted by molar-refractivity contribution is 5.90. The van der Waals surface area contributed by atoms with E-state index in [2.05, 4.69) is 0 Å². The Labute approximate surface area is 502 Å². The minimum Gasteiger partial charge on any atom is -0.507 e. The molecular weight excluding hydrogens is 1190 g/mol. The molecule has 31 nitrogen and oxygen atoms in total. The summed E-state index contributed by atoms with van der Waals surface area (Å²) in [5.74, 6) is -5.41. The van der Waals surface area contributed by atoms with E-state index in [1.54, 1.807) is 0 Å². The van der Waals surface area contributed by atoms with Crippen LogP contribution in [0.2, 0.25) is 0 Å². The summed E-state index contributed by atoms with van der Waals surface area (Å²) in [6, 6.07) is 15.1. The summed E-state index contributed by atoms with van der Waals surface area (Å²) >= 11 is 0. The fourth-order valence-corrected chi connectivity index (χ4v) is 9.76. The second kappa shape index (κ2) is 28.4. The highest BCUT2D eigenvalue weighted by atomic mass is 16.8. The lowest BCUT2D eigenvalue weighted by Crippen LogP contribution is -2.64. The summed E-state index contributed by atoms with van der Waals surface area (Å²) in [4.78, 5) is 26.8. The Balaban J connectivity index is 1.02. The largest absolute Gasteiger partial charge is 0.507 e. The molecule has 7 unspecified atom stereocenters. The van der Waals surface area contributed by atoms with Gasteiger partial charge < -0.3 is 139 Å². The number of hydrogen-bond acceptors (Lipinski definition) is 30. The molecule has 5 aromatic rings. The first-order valence-corrected chi connectivity index (χ1v) is 27.2. The van der Waals surface area contributed by atoms with Crippen molar-refractivity contribution in [1.29, 1.82) is 0 Å². The molecule has 9 rings (SSSR count). The number of esters is 2. The Bertz CT molecular complexity index is 3300. The molecule has 0 amide bonds. The van der Waals surface area contributed by atoms with E-state index >= 15 is 0 Å². The Morgan fingerprint density at radius 2 is 1.13 bits per heavy atom. The minimum atomic E-state index is -2.18. The highest BCUT2D eigenvalue weighted by Gasteiger charge is 2.53. The zero-order valence-electron chi connectivity index (χ0n) is 46.8. The monoisotopic (exact) mass is 1260 g/mol. The van der Waals surface area contributed by atoms with Crippen LogP contribution in [0.15, 0.2) is 89.4 Å². The molecule has 5 heterocycles. The summed E-state index contributed by atoms with van der Waals surface area (Å²) in [5, 5.41) is 170. The summed E-state index contributed by atoms with van der Waals surface area (Å²) in [6.45, 7) is -3.03. The van der Waals surface area contributed by atoms with Crippen LogP contribution in [0.4, 0.5) is 0 Å². The van der Waals surface area contributed by atoms with Crippen LogP contribution in [-0.4, -0.2) is 251 Å². The number of rotatable bonds is 20. The molecule has 1 aromatic heterocycles. The lowest BCUT2D eigenvalue weighted by Gasteiger charge is -2.45. The van der Waals surface area contributed by atoms with Gasteiger partial charge in [-0.15, -0.1) is 0 Å². The van der Waals surface area contributed by atoms with Gasteiger partial charge in [0.1, 0.15) is 109 Å². The van der Waals surface area contributed by atoms with Gasteiger partial charge in [0.2, 0.25) is 30.4 Å². The summed E-state index contributed by atoms with van der Waals surface area (Å²) < 4.78 is 74.7. The SMILES string of the molecule is COc1cc(/C=C/C(=O)OC2[C@H](O[C@H]3C(O)[C@H](O)C(COC(=O)/C=C/c4ccc(O[C@@H]5OC(CO)[C@@H](O)C(O)[C@@H]5O)cc4)O[C@H]3Oc3cc4c(O[C@@H]5OC(CO)[C@@H](O)C(O)[C@@H]5O)cc(O)cc4[o+]c3-c3ccc(O)c(O)c3)OC[C@@H](O)[C@H]2O)cc(OC)c1O. The van der Waals surface area contributed by atoms with Crippen molar-refractivity contribution in [3.8, 4) is 63.1 Å². The fourth-order valence-electron chi connectivity index (χ4n) is 9.76. The Morgan fingerprint density at radius 1 is 0.551 bits per heavy atom. The van der Waals surface area contributed by atoms with E-state index in [0.717, 1.165) is 36.4 Å². The van der Waals surface area contributed by atoms with Crippen LogP contribution in [-0.2, 0) is 42.7 Å². The molecule has 16 N–H and O–H groups in total. The van der Waals surface area contributed by atoms with Crippen LogP contribution in [0.25, 0.3) is 34.4 Å². The highest BCUT2D eigenvalue weighted by Crippen LogP contribution is 2.44. The van der Waals surface area contributed by atoms with Crippen molar-refractivity contribution < 1.29 is 153 Å². The molecule has 0 radical (unpaired) electrons. The van der Waals surface area contributed by atoms with E-state index in [1.165, 1.54) is 74.9 Å². The molecular formula is C58H65O31+. The molecule has 4 saturated heterocycles. The summed E-state index contributed by atoms with van der Waals surface area (Å²) in [7, 11) is 2.55. The van der Waals surface area contributed by atoms with Gasteiger partial charge in [-0.05, 0) is 59.7 Å². The molecule has 19 atom stereocenters. The Kier molecular flexibility index (Phi) is 20.9. The number of phenolic OH excluding ortho intramolecular Hbond substituents is 4. The quantitative estimate of drug-likeness (QED) is 0.0169. The van der Waals surface area contributed by atoms with Crippen molar-refractivity contribution in [2.45, 2.75) is 117 Å². The van der Waals surface area contributed by atoms with E-state index in [-0.39, 0.29) is 56.6 Å². The summed E-state index contributed by atoms with van der Waals surface area (Å²) in [5.41, 5.74) is 0.360. The van der Waals surface area contributed by atoms with Gasteiger partial charge in [-0.1, -0.05) is 12.1 Å². The Hall–Kier alpha value is -7.77. The number of carbonyl (C=O) groups excluding carboxylic acids is 2. The molecule has 0 saturated carbocycles. The average Bonchev–Trinajstić information content (AvgIpc) is 0.940. The van der Waals surface area contributed by atoms with Gasteiger partial charge in [-0.2, -0.15) is 0 Å². The van der Waals surface area contributed by atoms with E-state index in [0.29, 0.717) is 5.56 Å². The zero-order valence-corrected chi connectivity index (χ0v) is 46.8. The number of benzene rings is 4. The van der Waals surface area contributed by atoms with E-state index in [4.69, 9.17) is 61.3 Å². The summed E-state index contributed by atoms with van der Waals surface area (Å²) in [6.07, 6.45) is -29.9. The van der Waals surface area contributed by atoms with Crippen molar-refractivity contribution in [3.63, 3.8) is 0 Å². The number of aliphatic hydroxyl groups excluding tert-OH is 12. The second-order valence-electron chi connectivity index (χ2n) is 20.7. The van der Waals surface area contributed by atoms with Gasteiger partial charge >= 0.3 is 23.3 Å². The maximum atomic E-state index is 13.5. The molecule has 4 aromatic carbocycles. The zero-order chi connectivity index (χ0) is 64.1. The lowest BCUT2D eigenvalue weighted by atomic mass is 9.98. The molecule has 4 aliphatic rings. The van der Waals surface area contributed by atoms with Crippen LogP contribution >= 0.6 is 0 Å². The lowest BCUT2D eigenvalue weighted by molar-refractivity contribution is -0.345. The third-order valence-electron chi connectivity index (χ3n) is 14.7. The number of fused-ring (bicyclic) bond motifs is 1. The predicted octanol–water partition coefficient (Wildman–Crippen LogP) is -2.25. The van der Waals surface area contributed by atoms with E-state index in [1.807, 2.05) is 0 Å². The number of aliphatic hydroxyl groups is 12. The number of hydrogen-bond donors (Lipinski definition) is 16. The van der Waals surface area contributed by atoms with Crippen LogP contribution in [0.3, 0.4) is 0 Å². The third kappa shape index (κ3) is 14.6. The van der Waals surface area contributed by atoms with Gasteiger partial charge in [-0.3, -0.25) is 0 Å². The Morgan fingerprint density at radius 3 is 1.75 bits per heavy atom. The van der Waals surface area contributed by atoms with Crippen molar-refractivity contribution >= 4 is 35.1 Å². The van der Waals surface area contributed by atoms with Gasteiger partial charge in [-0.25, -0.2) is 14.0 Å². The number of ether oxygens (including phenoxy) is 12. The molecule has 31 heteroatoms. The minimum absolute atomic E-state index is 0.0204. The number of carbonyl (C=O) groups is 2. The number of phenols is 4. The van der Waals surface area contributed by atoms with Crippen LogP contribution < -0.4 is 23.7 Å². The molecule has 89 heavy (non-hydrogen) atoms. The molecule has 0 spiro atoms. The maximum absolute atomic E-state index is 13.5. The van der Waals surface area contributed by atoms with Crippen LogP contribution in [0, 0.1) is 0 Å². The molecule has 4 fully saturated rings. The molecule has 482 valence electrons. The molecule has 0 bridgehead atoms. The van der Waals surface area contributed by atoms with Gasteiger partial charge in [0.15, 0.2) is 41.5 Å². The second-order valence-corrected chi connectivity index (χ2v) is 20.7. The van der Waals surface area contributed by atoms with E-state index < -0.39 is 178 Å². The van der Waals surface area contributed by atoms with Crippen molar-refractivity contribution in [1.82, 2.24) is 0 Å². The van der Waals surface area contributed by atoms with Crippen molar-refractivity contribution in [3.05, 3.63) is 96.1 Å². The normalized spacial score (nSPS) is 31.5. The molecule has 4 aliphatic heterocycles. The predicted molar refractivity (Wildman–Crippen MR) is 294 cm³/mol. The van der Waals surface area contributed by atoms with Crippen LogP contribution in [0.1, 0.15) is 11.1 Å². The first-order valence-electron chi connectivity index (χ1n) is 27.2. The van der Waals surface area contributed by atoms with Crippen molar-refractivity contribution in [2.75, 3.05) is 40.6 Å². The van der Waals surface area contributed by atoms with E-state index in [9.17, 15) is 91.3 Å². The van der Waals surface area contributed by atoms with Gasteiger partial charge in [0, 0.05) is 30.4 Å². The average molecular weight is 1260 g/mol. The smallest absolute Gasteiger partial charge is 0.402 e. The van der Waals surface area contributed by atoms with Crippen LogP contribution in [0.5, 0.6) is 51.7 Å². The molecule has 0 aliphatic carbocycles. The third-order valence-corrected chi connectivity index (χ3v) is 14.7. The fraction of sp³-hybridized carbons (Fsp3) is 0.431. The number of aromatic hydroxyl groups is 4.